The first-order valence-corrected chi connectivity index (χ1v) is 10.8. The molecule has 2 aromatic rings. The van der Waals surface area contributed by atoms with Crippen LogP contribution < -0.4 is 21.3 Å². The number of benzene rings is 2. The van der Waals surface area contributed by atoms with Crippen molar-refractivity contribution in [3.63, 3.8) is 0 Å². The molecule has 0 saturated carbocycles. The first kappa shape index (κ1) is 27.4. The summed E-state index contributed by atoms with van der Waals surface area (Å²) in [6.07, 6.45) is -0.565. The highest BCUT2D eigenvalue weighted by atomic mass is 16.6. The zero-order valence-corrected chi connectivity index (χ0v) is 19.1. The van der Waals surface area contributed by atoms with Gasteiger partial charge in [0.2, 0.25) is 23.6 Å². The highest BCUT2D eigenvalue weighted by Crippen LogP contribution is 2.15. The van der Waals surface area contributed by atoms with E-state index in [-0.39, 0.29) is 24.9 Å². The average Bonchev–Trinajstić information content (AvgIpc) is 2.85. The Hall–Kier alpha value is -4.81. The van der Waals surface area contributed by atoms with Gasteiger partial charge in [-0.05, 0) is 17.7 Å². The molecule has 13 heteroatoms. The van der Waals surface area contributed by atoms with Gasteiger partial charge in [0, 0.05) is 30.7 Å². The molecular formula is C23H25N5O8. The zero-order valence-electron chi connectivity index (χ0n) is 19.1. The number of amides is 4. The van der Waals surface area contributed by atoms with Crippen LogP contribution in [0.3, 0.4) is 0 Å². The van der Waals surface area contributed by atoms with Crippen molar-refractivity contribution in [3.05, 3.63) is 70.3 Å². The average molecular weight is 499 g/mol. The number of non-ortho nitro benzene ring substituents is 1. The molecule has 190 valence electrons. The highest BCUT2D eigenvalue weighted by Gasteiger charge is 2.22. The number of nitro groups is 1. The van der Waals surface area contributed by atoms with Crippen LogP contribution >= 0.6 is 0 Å². The molecule has 5 N–H and O–H groups in total. The number of carbonyl (C=O) groups excluding carboxylic acids is 4. The van der Waals surface area contributed by atoms with E-state index in [4.69, 9.17) is 5.11 Å². The molecule has 4 amide bonds. The van der Waals surface area contributed by atoms with Gasteiger partial charge in [0.25, 0.3) is 5.69 Å². The van der Waals surface area contributed by atoms with Gasteiger partial charge in [0.15, 0.2) is 0 Å². The van der Waals surface area contributed by atoms with Crippen LogP contribution in [0.25, 0.3) is 0 Å². The summed E-state index contributed by atoms with van der Waals surface area (Å²) in [5.74, 6) is -3.69. The van der Waals surface area contributed by atoms with Crippen molar-refractivity contribution in [2.75, 3.05) is 18.4 Å². The molecule has 0 unspecified atom stereocenters. The third-order valence-electron chi connectivity index (χ3n) is 4.73. The molecule has 0 bridgehead atoms. The van der Waals surface area contributed by atoms with E-state index in [2.05, 4.69) is 21.3 Å². The summed E-state index contributed by atoms with van der Waals surface area (Å²) in [6, 6.07) is 12.9. The van der Waals surface area contributed by atoms with Gasteiger partial charge in [-0.3, -0.25) is 34.1 Å². The predicted octanol–water partition coefficient (Wildman–Crippen LogP) is 0.358. The Bertz CT molecular complexity index is 1110. The van der Waals surface area contributed by atoms with Gasteiger partial charge >= 0.3 is 5.97 Å². The van der Waals surface area contributed by atoms with Crippen molar-refractivity contribution in [1.82, 2.24) is 16.0 Å². The fourth-order valence-corrected chi connectivity index (χ4v) is 2.95. The molecule has 0 heterocycles. The van der Waals surface area contributed by atoms with Crippen LogP contribution in [0.1, 0.15) is 18.4 Å². The van der Waals surface area contributed by atoms with Crippen molar-refractivity contribution < 1.29 is 34.0 Å². The molecule has 2 rings (SSSR count). The smallest absolute Gasteiger partial charge is 0.303 e. The van der Waals surface area contributed by atoms with Gasteiger partial charge in [0.05, 0.1) is 24.4 Å². The first-order chi connectivity index (χ1) is 17.1. The molecule has 0 aromatic heterocycles. The van der Waals surface area contributed by atoms with Gasteiger partial charge in [-0.2, -0.15) is 0 Å². The molecule has 0 fully saturated rings. The summed E-state index contributed by atoms with van der Waals surface area (Å²) in [4.78, 5) is 69.5. The number of nitrogens with zero attached hydrogens (tertiary/aromatic N) is 1. The van der Waals surface area contributed by atoms with Crippen LogP contribution in [0, 0.1) is 10.1 Å². The van der Waals surface area contributed by atoms with Crippen LogP contribution in [-0.4, -0.2) is 58.8 Å². The van der Waals surface area contributed by atoms with Gasteiger partial charge < -0.3 is 26.4 Å². The zero-order chi connectivity index (χ0) is 26.5. The topological polar surface area (TPSA) is 197 Å². The van der Waals surface area contributed by atoms with Crippen LogP contribution in [-0.2, 0) is 30.4 Å². The third-order valence-corrected chi connectivity index (χ3v) is 4.73. The molecule has 0 saturated heterocycles. The fraction of sp³-hybridized carbons (Fsp3) is 0.261. The lowest BCUT2D eigenvalue weighted by Gasteiger charge is -2.19. The Morgan fingerprint density at radius 3 is 2.08 bits per heavy atom. The Morgan fingerprint density at radius 2 is 1.47 bits per heavy atom. The van der Waals surface area contributed by atoms with Crippen molar-refractivity contribution in [1.29, 1.82) is 0 Å². The van der Waals surface area contributed by atoms with Gasteiger partial charge in [-0.25, -0.2) is 0 Å². The minimum absolute atomic E-state index is 0.106. The van der Waals surface area contributed by atoms with Crippen LogP contribution in [0.15, 0.2) is 54.6 Å². The summed E-state index contributed by atoms with van der Waals surface area (Å²) in [7, 11) is 0. The number of hydrogen-bond donors (Lipinski definition) is 5. The number of carboxylic acid groups (broad SMARTS) is 1. The number of carbonyl (C=O) groups is 5. The Balaban J connectivity index is 1.92. The van der Waals surface area contributed by atoms with Crippen molar-refractivity contribution in [2.24, 2.45) is 0 Å². The number of carboxylic acids is 1. The van der Waals surface area contributed by atoms with E-state index < -0.39 is 53.7 Å². The summed E-state index contributed by atoms with van der Waals surface area (Å²) in [5.41, 5.74) is 0.894. The number of aliphatic carboxylic acids is 1. The Labute approximate surface area is 205 Å². The van der Waals surface area contributed by atoms with Gasteiger partial charge in [-0.1, -0.05) is 30.3 Å². The summed E-state index contributed by atoms with van der Waals surface area (Å²) < 4.78 is 0. The molecule has 0 aliphatic rings. The molecule has 0 radical (unpaired) electrons. The van der Waals surface area contributed by atoms with E-state index >= 15 is 0 Å². The van der Waals surface area contributed by atoms with Crippen molar-refractivity contribution >= 4 is 41.0 Å². The standard InChI is InChI=1S/C23H25N5O8/c29-19(10-11-22(32)33)24-13-21(31)27-18(12-15-4-2-1-3-5-15)23(34)25-14-20(30)26-16-6-8-17(9-7-16)28(35)36/h1-9,18H,10-14H2,(H,24,29)(H,25,34)(H,26,30)(H,27,31)(H,32,33)/t18-/m0/s1. The summed E-state index contributed by atoms with van der Waals surface area (Å²) in [6.45, 7) is -0.888. The lowest BCUT2D eigenvalue weighted by molar-refractivity contribution is -0.384. The van der Waals surface area contributed by atoms with Crippen molar-refractivity contribution in [2.45, 2.75) is 25.3 Å². The second-order valence-electron chi connectivity index (χ2n) is 7.55. The van der Waals surface area contributed by atoms with Crippen LogP contribution in [0.4, 0.5) is 11.4 Å². The second kappa shape index (κ2) is 13.8. The van der Waals surface area contributed by atoms with Crippen LogP contribution in [0.5, 0.6) is 0 Å². The number of nitro benzene ring substituents is 1. The molecule has 0 aliphatic heterocycles. The largest absolute Gasteiger partial charge is 0.481 e. The molecule has 0 spiro atoms. The second-order valence-corrected chi connectivity index (χ2v) is 7.55. The van der Waals surface area contributed by atoms with E-state index in [0.29, 0.717) is 5.69 Å². The lowest BCUT2D eigenvalue weighted by atomic mass is 10.1. The number of anilines is 1. The monoisotopic (exact) mass is 499 g/mol. The fourth-order valence-electron chi connectivity index (χ4n) is 2.95. The van der Waals surface area contributed by atoms with Gasteiger partial charge in [-0.15, -0.1) is 0 Å². The lowest BCUT2D eigenvalue weighted by Crippen LogP contribution is -2.51. The molecule has 13 nitrogen and oxygen atoms in total. The maximum absolute atomic E-state index is 12.7. The SMILES string of the molecule is O=C(O)CCC(=O)NCC(=O)N[C@@H](Cc1ccccc1)C(=O)NCC(=O)Nc1ccc([N+](=O)[O-])cc1. The Morgan fingerprint density at radius 1 is 0.833 bits per heavy atom. The summed E-state index contributed by atoms with van der Waals surface area (Å²) >= 11 is 0. The molecule has 0 aliphatic carbocycles. The Kier molecular flexibility index (Phi) is 10.5. The highest BCUT2D eigenvalue weighted by molar-refractivity contribution is 5.96. The van der Waals surface area contributed by atoms with E-state index in [1.807, 2.05) is 0 Å². The molecule has 1 atom stereocenters. The summed E-state index contributed by atoms with van der Waals surface area (Å²) in [5, 5.41) is 29.0. The van der Waals surface area contributed by atoms with E-state index in [9.17, 15) is 34.1 Å². The van der Waals surface area contributed by atoms with Gasteiger partial charge in [0.1, 0.15) is 6.04 Å². The number of rotatable bonds is 13. The molecule has 2 aromatic carbocycles. The minimum atomic E-state index is -1.15. The van der Waals surface area contributed by atoms with E-state index in [1.165, 1.54) is 24.3 Å². The van der Waals surface area contributed by atoms with E-state index in [0.717, 1.165) is 5.56 Å². The molecule has 36 heavy (non-hydrogen) atoms. The maximum atomic E-state index is 12.7. The normalized spacial score (nSPS) is 11.0. The third kappa shape index (κ3) is 9.99. The van der Waals surface area contributed by atoms with Crippen LogP contribution in [0.2, 0.25) is 0 Å². The number of nitrogens with one attached hydrogen (secondary N) is 4. The maximum Gasteiger partial charge on any atom is 0.303 e. The minimum Gasteiger partial charge on any atom is -0.481 e. The molecular weight excluding hydrogens is 474 g/mol. The quantitative estimate of drug-likeness (QED) is 0.192. The first-order valence-electron chi connectivity index (χ1n) is 10.8. The van der Waals surface area contributed by atoms with E-state index in [1.54, 1.807) is 30.3 Å². The predicted molar refractivity (Wildman–Crippen MR) is 127 cm³/mol. The van der Waals surface area contributed by atoms with Crippen molar-refractivity contribution in [3.8, 4) is 0 Å². The number of hydrogen-bond acceptors (Lipinski definition) is 7.